The monoisotopic (exact) mass is 321 g/mol. The number of amides is 1. The Kier molecular flexibility index (Phi) is 3.78. The fourth-order valence-corrected chi connectivity index (χ4v) is 3.10. The van der Waals surface area contributed by atoms with Gasteiger partial charge in [-0.3, -0.25) is 9.20 Å². The number of hydrogen-bond acceptors (Lipinski definition) is 3. The molecule has 1 N–H and O–H groups in total. The summed E-state index contributed by atoms with van der Waals surface area (Å²) < 4.78 is 1.65. The zero-order valence-electron chi connectivity index (χ0n) is 12.1. The first-order valence-corrected chi connectivity index (χ1v) is 7.61. The van der Waals surface area contributed by atoms with E-state index in [1.54, 1.807) is 22.7 Å². The van der Waals surface area contributed by atoms with Crippen LogP contribution in [0.4, 0.5) is 0 Å². The molecule has 2 aromatic rings. The van der Waals surface area contributed by atoms with E-state index in [4.69, 9.17) is 11.6 Å². The Balaban J connectivity index is 2.10. The Bertz CT molecular complexity index is 756. The normalized spacial score (nSPS) is 18.1. The number of fused-ring (bicyclic) bond motifs is 1. The third-order valence-corrected chi connectivity index (χ3v) is 4.21. The number of carboxylic acids is 1. The van der Waals surface area contributed by atoms with E-state index >= 15 is 0 Å². The quantitative estimate of drug-likeness (QED) is 0.940. The number of halogens is 1. The van der Waals surface area contributed by atoms with Gasteiger partial charge in [0.25, 0.3) is 5.91 Å². The highest BCUT2D eigenvalue weighted by Gasteiger charge is 2.36. The van der Waals surface area contributed by atoms with Gasteiger partial charge in [0.2, 0.25) is 0 Å². The maximum atomic E-state index is 12.9. The van der Waals surface area contributed by atoms with Crippen LogP contribution < -0.4 is 0 Å². The van der Waals surface area contributed by atoms with Gasteiger partial charge in [-0.15, -0.1) is 0 Å². The highest BCUT2D eigenvalue weighted by Crippen LogP contribution is 2.24. The van der Waals surface area contributed by atoms with Gasteiger partial charge in [0.15, 0.2) is 0 Å². The lowest BCUT2D eigenvalue weighted by Crippen LogP contribution is -2.41. The van der Waals surface area contributed by atoms with Crippen molar-refractivity contribution in [3.63, 3.8) is 0 Å². The molecule has 1 fully saturated rings. The van der Waals surface area contributed by atoms with Crippen LogP contribution in [-0.2, 0) is 11.2 Å². The van der Waals surface area contributed by atoms with Crippen molar-refractivity contribution in [3.8, 4) is 0 Å². The third kappa shape index (κ3) is 2.33. The van der Waals surface area contributed by atoms with Crippen LogP contribution in [0.1, 0.15) is 35.9 Å². The standard InChI is InChI=1S/C15H16ClN3O3/c1-2-10-13(19-8-9(16)5-6-12(19)17-10)14(20)18-7-3-4-11(18)15(21)22/h5-6,8,11H,2-4,7H2,1H3,(H,21,22). The molecule has 6 nitrogen and oxygen atoms in total. The van der Waals surface area contributed by atoms with Gasteiger partial charge in [0.1, 0.15) is 17.4 Å². The van der Waals surface area contributed by atoms with Gasteiger partial charge < -0.3 is 10.0 Å². The van der Waals surface area contributed by atoms with Crippen molar-refractivity contribution in [3.05, 3.63) is 34.7 Å². The van der Waals surface area contributed by atoms with E-state index in [1.165, 1.54) is 4.90 Å². The summed E-state index contributed by atoms with van der Waals surface area (Å²) in [5, 5.41) is 9.77. The van der Waals surface area contributed by atoms with Gasteiger partial charge in [-0.2, -0.15) is 0 Å². The average molecular weight is 322 g/mol. The van der Waals surface area contributed by atoms with Crippen molar-refractivity contribution in [1.29, 1.82) is 0 Å². The smallest absolute Gasteiger partial charge is 0.326 e. The molecule has 116 valence electrons. The van der Waals surface area contributed by atoms with Crippen LogP contribution in [0.25, 0.3) is 5.65 Å². The lowest BCUT2D eigenvalue weighted by molar-refractivity contribution is -0.141. The molecule has 0 radical (unpaired) electrons. The summed E-state index contributed by atoms with van der Waals surface area (Å²) in [7, 11) is 0. The lowest BCUT2D eigenvalue weighted by Gasteiger charge is -2.21. The van der Waals surface area contributed by atoms with Crippen molar-refractivity contribution in [2.75, 3.05) is 6.54 Å². The van der Waals surface area contributed by atoms with Crippen LogP contribution in [0, 0.1) is 0 Å². The van der Waals surface area contributed by atoms with E-state index in [-0.39, 0.29) is 5.91 Å². The maximum absolute atomic E-state index is 12.9. The van der Waals surface area contributed by atoms with Gasteiger partial charge in [0.05, 0.1) is 10.7 Å². The first-order valence-electron chi connectivity index (χ1n) is 7.23. The van der Waals surface area contributed by atoms with Crippen LogP contribution in [-0.4, -0.2) is 43.9 Å². The molecule has 1 aliphatic heterocycles. The number of aryl methyl sites for hydroxylation is 1. The van der Waals surface area contributed by atoms with Gasteiger partial charge in [0, 0.05) is 12.7 Å². The van der Waals surface area contributed by atoms with E-state index in [2.05, 4.69) is 4.98 Å². The number of carbonyl (C=O) groups is 2. The third-order valence-electron chi connectivity index (χ3n) is 3.99. The molecule has 3 rings (SSSR count). The topological polar surface area (TPSA) is 74.9 Å². The zero-order valence-corrected chi connectivity index (χ0v) is 12.9. The van der Waals surface area contributed by atoms with Crippen LogP contribution in [0.3, 0.4) is 0 Å². The molecular formula is C15H16ClN3O3. The predicted octanol–water partition coefficient (Wildman–Crippen LogP) is 2.24. The van der Waals surface area contributed by atoms with E-state index in [9.17, 15) is 14.7 Å². The lowest BCUT2D eigenvalue weighted by atomic mass is 10.2. The van der Waals surface area contributed by atoms with Crippen molar-refractivity contribution in [2.24, 2.45) is 0 Å². The van der Waals surface area contributed by atoms with Crippen LogP contribution in [0.2, 0.25) is 5.02 Å². The summed E-state index contributed by atoms with van der Waals surface area (Å²) in [4.78, 5) is 30.1. The molecule has 0 aliphatic carbocycles. The van der Waals surface area contributed by atoms with Crippen molar-refractivity contribution >= 4 is 29.1 Å². The molecule has 0 bridgehead atoms. The molecule has 1 amide bonds. The molecular weight excluding hydrogens is 306 g/mol. The fourth-order valence-electron chi connectivity index (χ4n) is 2.94. The van der Waals surface area contributed by atoms with Crippen LogP contribution >= 0.6 is 11.6 Å². The second kappa shape index (κ2) is 5.61. The number of aromatic nitrogens is 2. The van der Waals surface area contributed by atoms with E-state index in [0.29, 0.717) is 47.9 Å². The number of aliphatic carboxylic acids is 1. The first kappa shape index (κ1) is 14.8. The molecule has 1 atom stereocenters. The van der Waals surface area contributed by atoms with Crippen LogP contribution in [0.15, 0.2) is 18.3 Å². The summed E-state index contributed by atoms with van der Waals surface area (Å²) in [6, 6.07) is 2.70. The van der Waals surface area contributed by atoms with Crippen LogP contribution in [0.5, 0.6) is 0 Å². The molecule has 2 aromatic heterocycles. The van der Waals surface area contributed by atoms with Gasteiger partial charge in [-0.05, 0) is 31.4 Å². The van der Waals surface area contributed by atoms with E-state index in [1.807, 2.05) is 6.92 Å². The minimum absolute atomic E-state index is 0.295. The average Bonchev–Trinajstić information content (AvgIpc) is 3.10. The Morgan fingerprint density at radius 3 is 2.91 bits per heavy atom. The zero-order chi connectivity index (χ0) is 15.9. The maximum Gasteiger partial charge on any atom is 0.326 e. The number of imidazole rings is 1. The number of pyridine rings is 1. The second-order valence-electron chi connectivity index (χ2n) is 5.33. The molecule has 22 heavy (non-hydrogen) atoms. The highest BCUT2D eigenvalue weighted by molar-refractivity contribution is 6.30. The van der Waals surface area contributed by atoms with Crippen molar-refractivity contribution in [2.45, 2.75) is 32.2 Å². The summed E-state index contributed by atoms with van der Waals surface area (Å²) in [5.74, 6) is -1.26. The summed E-state index contributed by atoms with van der Waals surface area (Å²) in [5.41, 5.74) is 1.70. The molecule has 1 saturated heterocycles. The molecule has 0 aromatic carbocycles. The molecule has 1 unspecified atom stereocenters. The number of likely N-dealkylation sites (tertiary alicyclic amines) is 1. The largest absolute Gasteiger partial charge is 0.480 e. The number of hydrogen-bond donors (Lipinski definition) is 1. The molecule has 0 saturated carbocycles. The molecule has 0 spiro atoms. The predicted molar refractivity (Wildman–Crippen MR) is 81.3 cm³/mol. The summed E-state index contributed by atoms with van der Waals surface area (Å²) in [6.07, 6.45) is 3.41. The first-order chi connectivity index (χ1) is 10.5. The van der Waals surface area contributed by atoms with Gasteiger partial charge >= 0.3 is 5.97 Å². The Labute approximate surface area is 132 Å². The second-order valence-corrected chi connectivity index (χ2v) is 5.77. The Hall–Kier alpha value is -2.08. The van der Waals surface area contributed by atoms with Gasteiger partial charge in [-0.25, -0.2) is 9.78 Å². The van der Waals surface area contributed by atoms with Crippen molar-refractivity contribution < 1.29 is 14.7 Å². The molecule has 3 heterocycles. The minimum atomic E-state index is -0.962. The van der Waals surface area contributed by atoms with Gasteiger partial charge in [-0.1, -0.05) is 18.5 Å². The highest BCUT2D eigenvalue weighted by atomic mass is 35.5. The number of nitrogens with zero attached hydrogens (tertiary/aromatic N) is 3. The minimum Gasteiger partial charge on any atom is -0.480 e. The summed E-state index contributed by atoms with van der Waals surface area (Å²) in [6.45, 7) is 2.37. The Morgan fingerprint density at radius 2 is 2.23 bits per heavy atom. The Morgan fingerprint density at radius 1 is 1.45 bits per heavy atom. The summed E-state index contributed by atoms with van der Waals surface area (Å²) >= 11 is 6.02. The molecule has 1 aliphatic rings. The number of carboxylic acid groups (broad SMARTS) is 1. The number of rotatable bonds is 3. The van der Waals surface area contributed by atoms with E-state index < -0.39 is 12.0 Å². The molecule has 7 heteroatoms. The van der Waals surface area contributed by atoms with E-state index in [0.717, 1.165) is 0 Å². The number of carbonyl (C=O) groups excluding carboxylic acids is 1. The fraction of sp³-hybridized carbons (Fsp3) is 0.400. The van der Waals surface area contributed by atoms with Crippen molar-refractivity contribution in [1.82, 2.24) is 14.3 Å². The SMILES string of the molecule is CCc1nc2ccc(Cl)cn2c1C(=O)N1CCCC1C(=O)O.